The third-order valence-electron chi connectivity index (χ3n) is 5.14. The Morgan fingerprint density at radius 3 is 2.60 bits per heavy atom. The Labute approximate surface area is 153 Å². The minimum atomic E-state index is 0.783. The SMILES string of the molecule is CCc1nc(N2CCC(Cc3ccccc3)CC2)c2cc(C)sc2n1. The third kappa shape index (κ3) is 3.54. The van der Waals surface area contributed by atoms with E-state index in [2.05, 4.69) is 55.1 Å². The highest BCUT2D eigenvalue weighted by atomic mass is 32.1. The Morgan fingerprint density at radius 2 is 1.88 bits per heavy atom. The van der Waals surface area contributed by atoms with E-state index in [1.54, 1.807) is 11.3 Å². The summed E-state index contributed by atoms with van der Waals surface area (Å²) >= 11 is 1.78. The molecule has 4 heteroatoms. The van der Waals surface area contributed by atoms with E-state index in [9.17, 15) is 0 Å². The Morgan fingerprint density at radius 1 is 1.12 bits per heavy atom. The molecule has 0 atom stereocenters. The van der Waals surface area contributed by atoms with Crippen LogP contribution < -0.4 is 4.90 Å². The minimum Gasteiger partial charge on any atom is -0.356 e. The first-order valence-electron chi connectivity index (χ1n) is 9.29. The van der Waals surface area contributed by atoms with E-state index in [4.69, 9.17) is 9.97 Å². The van der Waals surface area contributed by atoms with Crippen molar-refractivity contribution in [3.63, 3.8) is 0 Å². The number of benzene rings is 1. The van der Waals surface area contributed by atoms with Gasteiger partial charge in [-0.1, -0.05) is 37.3 Å². The van der Waals surface area contributed by atoms with Crippen LogP contribution in [-0.4, -0.2) is 23.1 Å². The molecule has 1 saturated heterocycles. The molecule has 0 bridgehead atoms. The van der Waals surface area contributed by atoms with Crippen LogP contribution >= 0.6 is 11.3 Å². The predicted molar refractivity (Wildman–Crippen MR) is 107 cm³/mol. The van der Waals surface area contributed by atoms with Crippen molar-refractivity contribution in [3.8, 4) is 0 Å². The molecule has 0 N–H and O–H groups in total. The summed E-state index contributed by atoms with van der Waals surface area (Å²) in [5.74, 6) is 2.91. The van der Waals surface area contributed by atoms with Gasteiger partial charge >= 0.3 is 0 Å². The minimum absolute atomic E-state index is 0.783. The zero-order valence-electron chi connectivity index (χ0n) is 15.0. The molecular formula is C21H25N3S. The van der Waals surface area contributed by atoms with Gasteiger partial charge in [0.15, 0.2) is 0 Å². The van der Waals surface area contributed by atoms with E-state index < -0.39 is 0 Å². The molecular weight excluding hydrogens is 326 g/mol. The molecule has 1 aromatic carbocycles. The Bertz CT molecular complexity index is 848. The summed E-state index contributed by atoms with van der Waals surface area (Å²) < 4.78 is 0. The van der Waals surface area contributed by atoms with Gasteiger partial charge in [0.05, 0.1) is 5.39 Å². The van der Waals surface area contributed by atoms with Crippen molar-refractivity contribution in [1.29, 1.82) is 0 Å². The molecule has 130 valence electrons. The van der Waals surface area contributed by atoms with Gasteiger partial charge in [0.2, 0.25) is 0 Å². The van der Waals surface area contributed by atoms with E-state index in [0.717, 1.165) is 41.9 Å². The summed E-state index contributed by atoms with van der Waals surface area (Å²) in [7, 11) is 0. The molecule has 1 aliphatic heterocycles. The topological polar surface area (TPSA) is 29.0 Å². The molecule has 0 unspecified atom stereocenters. The maximum Gasteiger partial charge on any atom is 0.141 e. The van der Waals surface area contributed by atoms with Gasteiger partial charge in [-0.15, -0.1) is 11.3 Å². The van der Waals surface area contributed by atoms with Gasteiger partial charge in [0, 0.05) is 24.4 Å². The average Bonchev–Trinajstić information content (AvgIpc) is 3.02. The van der Waals surface area contributed by atoms with Gasteiger partial charge < -0.3 is 4.90 Å². The summed E-state index contributed by atoms with van der Waals surface area (Å²) in [5, 5.41) is 1.24. The van der Waals surface area contributed by atoms with Gasteiger partial charge in [0.25, 0.3) is 0 Å². The van der Waals surface area contributed by atoms with Crippen LogP contribution in [0, 0.1) is 12.8 Å². The number of thiophene rings is 1. The van der Waals surface area contributed by atoms with Crippen LogP contribution in [0.2, 0.25) is 0 Å². The molecule has 25 heavy (non-hydrogen) atoms. The van der Waals surface area contributed by atoms with Crippen LogP contribution in [0.25, 0.3) is 10.2 Å². The Kier molecular flexibility index (Phi) is 4.71. The summed E-state index contributed by atoms with van der Waals surface area (Å²) in [6, 6.07) is 13.1. The summed E-state index contributed by atoms with van der Waals surface area (Å²) in [4.78, 5) is 14.6. The van der Waals surface area contributed by atoms with Crippen LogP contribution in [0.3, 0.4) is 0 Å². The lowest BCUT2D eigenvalue weighted by molar-refractivity contribution is 0.402. The highest BCUT2D eigenvalue weighted by Crippen LogP contribution is 2.33. The molecule has 2 aromatic heterocycles. The smallest absolute Gasteiger partial charge is 0.141 e. The molecule has 3 heterocycles. The number of hydrogen-bond donors (Lipinski definition) is 0. The first-order chi connectivity index (χ1) is 12.2. The molecule has 0 saturated carbocycles. The van der Waals surface area contributed by atoms with Gasteiger partial charge in [-0.2, -0.15) is 0 Å². The lowest BCUT2D eigenvalue weighted by atomic mass is 9.90. The maximum absolute atomic E-state index is 4.89. The fourth-order valence-corrected chi connectivity index (χ4v) is 4.66. The highest BCUT2D eigenvalue weighted by Gasteiger charge is 2.23. The Balaban J connectivity index is 1.51. The van der Waals surface area contributed by atoms with Crippen molar-refractivity contribution in [2.45, 2.75) is 39.5 Å². The number of hydrogen-bond acceptors (Lipinski definition) is 4. The van der Waals surface area contributed by atoms with Gasteiger partial charge in [0.1, 0.15) is 16.5 Å². The summed E-state index contributed by atoms with van der Waals surface area (Å²) in [5.41, 5.74) is 1.46. The van der Waals surface area contributed by atoms with E-state index in [1.165, 1.54) is 35.1 Å². The largest absolute Gasteiger partial charge is 0.356 e. The van der Waals surface area contributed by atoms with Crippen molar-refractivity contribution in [2.24, 2.45) is 5.92 Å². The molecule has 3 aromatic rings. The first kappa shape index (κ1) is 16.5. The second kappa shape index (κ2) is 7.12. The van der Waals surface area contributed by atoms with Crippen LogP contribution in [0.1, 0.15) is 36.0 Å². The van der Waals surface area contributed by atoms with Crippen LogP contribution in [0.4, 0.5) is 5.82 Å². The second-order valence-electron chi connectivity index (χ2n) is 7.01. The van der Waals surface area contributed by atoms with Crippen molar-refractivity contribution in [2.75, 3.05) is 18.0 Å². The number of aromatic nitrogens is 2. The fourth-order valence-electron chi connectivity index (χ4n) is 3.77. The number of piperidine rings is 1. The lowest BCUT2D eigenvalue weighted by Crippen LogP contribution is -2.35. The molecule has 0 radical (unpaired) electrons. The van der Waals surface area contributed by atoms with Gasteiger partial charge in [-0.05, 0) is 43.7 Å². The second-order valence-corrected chi connectivity index (χ2v) is 8.25. The predicted octanol–water partition coefficient (Wildman–Crippen LogP) is 5.02. The van der Waals surface area contributed by atoms with E-state index in [1.807, 2.05) is 0 Å². The quantitative estimate of drug-likeness (QED) is 0.661. The molecule has 0 spiro atoms. The number of anilines is 1. The fraction of sp³-hybridized carbons (Fsp3) is 0.429. The highest BCUT2D eigenvalue weighted by molar-refractivity contribution is 7.18. The molecule has 0 amide bonds. The van der Waals surface area contributed by atoms with Crippen LogP contribution in [-0.2, 0) is 12.8 Å². The number of fused-ring (bicyclic) bond motifs is 1. The van der Waals surface area contributed by atoms with Crippen molar-refractivity contribution >= 4 is 27.4 Å². The monoisotopic (exact) mass is 351 g/mol. The molecule has 3 nitrogen and oxygen atoms in total. The lowest BCUT2D eigenvalue weighted by Gasteiger charge is -2.33. The van der Waals surface area contributed by atoms with Gasteiger partial charge in [-0.25, -0.2) is 9.97 Å². The summed E-state index contributed by atoms with van der Waals surface area (Å²) in [6.07, 6.45) is 4.58. The number of nitrogens with zero attached hydrogens (tertiary/aromatic N) is 3. The molecule has 1 aliphatic rings. The maximum atomic E-state index is 4.89. The van der Waals surface area contributed by atoms with Crippen LogP contribution in [0.5, 0.6) is 0 Å². The summed E-state index contributed by atoms with van der Waals surface area (Å²) in [6.45, 7) is 6.49. The van der Waals surface area contributed by atoms with E-state index >= 15 is 0 Å². The van der Waals surface area contributed by atoms with Crippen molar-refractivity contribution in [1.82, 2.24) is 9.97 Å². The normalized spacial score (nSPS) is 15.8. The van der Waals surface area contributed by atoms with Crippen molar-refractivity contribution in [3.05, 3.63) is 52.7 Å². The molecule has 0 aliphatic carbocycles. The van der Waals surface area contributed by atoms with E-state index in [-0.39, 0.29) is 0 Å². The van der Waals surface area contributed by atoms with Crippen LogP contribution in [0.15, 0.2) is 36.4 Å². The molecule has 1 fully saturated rings. The zero-order valence-corrected chi connectivity index (χ0v) is 15.9. The van der Waals surface area contributed by atoms with Crippen molar-refractivity contribution < 1.29 is 0 Å². The average molecular weight is 352 g/mol. The standard InChI is InChI=1S/C21H25N3S/c1-3-19-22-20(18-13-15(2)25-21(18)23-19)24-11-9-17(10-12-24)14-16-7-5-4-6-8-16/h4-8,13,17H,3,9-12,14H2,1-2H3. The number of rotatable bonds is 4. The van der Waals surface area contributed by atoms with Gasteiger partial charge in [-0.3, -0.25) is 0 Å². The zero-order chi connectivity index (χ0) is 17.2. The van der Waals surface area contributed by atoms with E-state index in [0.29, 0.717) is 0 Å². The Hall–Kier alpha value is -1.94. The third-order valence-corrected chi connectivity index (χ3v) is 6.08. The first-order valence-corrected chi connectivity index (χ1v) is 10.1. The number of aryl methyl sites for hydroxylation is 2. The molecule has 4 rings (SSSR count).